The minimum absolute atomic E-state index is 0.00845. The molecular formula is C17H16ClNO. The first-order valence-corrected chi connectivity index (χ1v) is 7.01. The van der Waals surface area contributed by atoms with Gasteiger partial charge in [-0.25, -0.2) is 0 Å². The van der Waals surface area contributed by atoms with E-state index in [1.54, 1.807) is 0 Å². The fourth-order valence-corrected chi connectivity index (χ4v) is 3.09. The maximum Gasteiger partial charge on any atom is 0.0879 e. The zero-order chi connectivity index (χ0) is 14.3. The summed E-state index contributed by atoms with van der Waals surface area (Å²) >= 11 is 6.06. The molecule has 2 aromatic carbocycles. The molecule has 0 aromatic heterocycles. The second-order valence-electron chi connectivity index (χ2n) is 5.88. The first-order valence-electron chi connectivity index (χ1n) is 6.63. The highest BCUT2D eigenvalue weighted by molar-refractivity contribution is 6.30. The topological polar surface area (TPSA) is 32.6 Å². The van der Waals surface area contributed by atoms with E-state index in [2.05, 4.69) is 37.2 Å². The van der Waals surface area contributed by atoms with Crippen molar-refractivity contribution in [3.8, 4) is 11.1 Å². The van der Waals surface area contributed by atoms with E-state index in [0.29, 0.717) is 0 Å². The molecule has 20 heavy (non-hydrogen) atoms. The highest BCUT2D eigenvalue weighted by atomic mass is 35.5. The Morgan fingerprint density at radius 1 is 1.10 bits per heavy atom. The third-order valence-corrected chi connectivity index (χ3v) is 4.18. The first-order chi connectivity index (χ1) is 9.51. The summed E-state index contributed by atoms with van der Waals surface area (Å²) in [6.07, 6.45) is 0.762. The molecule has 0 spiro atoms. The van der Waals surface area contributed by atoms with E-state index in [-0.39, 0.29) is 5.41 Å². The molecule has 1 aliphatic rings. The van der Waals surface area contributed by atoms with Crippen LogP contribution >= 0.6 is 11.6 Å². The number of hydrogen-bond donors (Lipinski definition) is 1. The highest BCUT2D eigenvalue weighted by Gasteiger charge is 2.34. The summed E-state index contributed by atoms with van der Waals surface area (Å²) in [7, 11) is 0. The van der Waals surface area contributed by atoms with Crippen LogP contribution in [0, 0.1) is 0 Å². The van der Waals surface area contributed by atoms with Gasteiger partial charge < -0.3 is 5.21 Å². The van der Waals surface area contributed by atoms with Gasteiger partial charge in [0.1, 0.15) is 0 Å². The Kier molecular flexibility index (Phi) is 3.06. The summed E-state index contributed by atoms with van der Waals surface area (Å²) in [5.74, 6) is 0. The van der Waals surface area contributed by atoms with Gasteiger partial charge in [-0.1, -0.05) is 54.9 Å². The van der Waals surface area contributed by atoms with Gasteiger partial charge in [0.25, 0.3) is 0 Å². The minimum atomic E-state index is -0.00845. The van der Waals surface area contributed by atoms with Gasteiger partial charge in [0, 0.05) is 17.0 Å². The van der Waals surface area contributed by atoms with Gasteiger partial charge in [0.2, 0.25) is 0 Å². The van der Waals surface area contributed by atoms with E-state index in [0.717, 1.165) is 33.8 Å². The number of halogens is 1. The monoisotopic (exact) mass is 285 g/mol. The molecule has 1 aliphatic carbocycles. The Bertz CT molecular complexity index is 704. The third kappa shape index (κ3) is 2.10. The molecular weight excluding hydrogens is 270 g/mol. The molecule has 0 amide bonds. The van der Waals surface area contributed by atoms with Crippen LogP contribution in [0.5, 0.6) is 0 Å². The molecule has 0 fully saturated rings. The number of hydrogen-bond acceptors (Lipinski definition) is 2. The van der Waals surface area contributed by atoms with Gasteiger partial charge >= 0.3 is 0 Å². The third-order valence-electron chi connectivity index (χ3n) is 3.95. The molecule has 2 aromatic rings. The van der Waals surface area contributed by atoms with Crippen molar-refractivity contribution in [2.24, 2.45) is 5.16 Å². The van der Waals surface area contributed by atoms with Crippen molar-refractivity contribution in [2.45, 2.75) is 25.7 Å². The quantitative estimate of drug-likeness (QED) is 0.588. The Labute approximate surface area is 123 Å². The molecule has 3 heteroatoms. The molecule has 0 saturated carbocycles. The van der Waals surface area contributed by atoms with Crippen LogP contribution in [0.1, 0.15) is 31.4 Å². The summed E-state index contributed by atoms with van der Waals surface area (Å²) < 4.78 is 0. The van der Waals surface area contributed by atoms with E-state index in [1.807, 2.05) is 24.3 Å². The average molecular weight is 286 g/mol. The molecule has 0 aliphatic heterocycles. The SMILES string of the molecule is CC1(C)CC(=NO)c2ccc(-c3cccc(Cl)c3)cc21. The van der Waals surface area contributed by atoms with E-state index in [9.17, 15) is 0 Å². The summed E-state index contributed by atoms with van der Waals surface area (Å²) in [4.78, 5) is 0. The van der Waals surface area contributed by atoms with Crippen LogP contribution in [0.2, 0.25) is 5.02 Å². The van der Waals surface area contributed by atoms with Crippen molar-refractivity contribution in [2.75, 3.05) is 0 Å². The molecule has 0 radical (unpaired) electrons. The molecule has 3 rings (SSSR count). The fourth-order valence-electron chi connectivity index (χ4n) is 2.90. The van der Waals surface area contributed by atoms with Crippen molar-refractivity contribution in [1.29, 1.82) is 0 Å². The standard InChI is InChI=1S/C17H16ClNO/c1-17(2)10-16(19-20)14-7-6-12(9-15(14)17)11-4-3-5-13(18)8-11/h3-9,20H,10H2,1-2H3. The summed E-state index contributed by atoms with van der Waals surface area (Å²) in [6, 6.07) is 14.1. The van der Waals surface area contributed by atoms with Crippen molar-refractivity contribution < 1.29 is 5.21 Å². The molecule has 102 valence electrons. The molecule has 0 unspecified atom stereocenters. The van der Waals surface area contributed by atoms with Crippen molar-refractivity contribution in [3.63, 3.8) is 0 Å². The Morgan fingerprint density at radius 2 is 1.85 bits per heavy atom. The minimum Gasteiger partial charge on any atom is -0.411 e. The lowest BCUT2D eigenvalue weighted by Crippen LogP contribution is -2.12. The van der Waals surface area contributed by atoms with Gasteiger partial charge in [-0.3, -0.25) is 0 Å². The van der Waals surface area contributed by atoms with E-state index >= 15 is 0 Å². The lowest BCUT2D eigenvalue weighted by Gasteiger charge is -2.18. The number of oxime groups is 1. The fraction of sp³-hybridized carbons (Fsp3) is 0.235. The first kappa shape index (κ1) is 13.2. The predicted molar refractivity (Wildman–Crippen MR) is 82.9 cm³/mol. The Morgan fingerprint density at radius 3 is 2.55 bits per heavy atom. The second kappa shape index (κ2) is 4.64. The smallest absolute Gasteiger partial charge is 0.0879 e. The average Bonchev–Trinajstić information content (AvgIpc) is 2.70. The van der Waals surface area contributed by atoms with Crippen molar-refractivity contribution in [3.05, 3.63) is 58.6 Å². The Balaban J connectivity index is 2.15. The zero-order valence-corrected chi connectivity index (χ0v) is 12.3. The number of benzene rings is 2. The van der Waals surface area contributed by atoms with Gasteiger partial charge in [0.05, 0.1) is 5.71 Å². The summed E-state index contributed by atoms with van der Waals surface area (Å²) in [6.45, 7) is 4.34. The van der Waals surface area contributed by atoms with E-state index in [1.165, 1.54) is 5.56 Å². The highest BCUT2D eigenvalue weighted by Crippen LogP contribution is 2.40. The van der Waals surface area contributed by atoms with E-state index in [4.69, 9.17) is 16.8 Å². The normalized spacial score (nSPS) is 18.2. The van der Waals surface area contributed by atoms with Gasteiger partial charge in [-0.2, -0.15) is 0 Å². The lowest BCUT2D eigenvalue weighted by atomic mass is 9.85. The molecule has 0 heterocycles. The van der Waals surface area contributed by atoms with Gasteiger partial charge in [-0.15, -0.1) is 0 Å². The van der Waals surface area contributed by atoms with Crippen LogP contribution in [0.3, 0.4) is 0 Å². The van der Waals surface area contributed by atoms with Crippen LogP contribution in [-0.2, 0) is 5.41 Å². The zero-order valence-electron chi connectivity index (χ0n) is 11.5. The van der Waals surface area contributed by atoms with Crippen LogP contribution in [-0.4, -0.2) is 10.9 Å². The lowest BCUT2D eigenvalue weighted by molar-refractivity contribution is 0.317. The molecule has 0 atom stereocenters. The number of rotatable bonds is 1. The van der Waals surface area contributed by atoms with Gasteiger partial charge in [-0.05, 0) is 40.3 Å². The second-order valence-corrected chi connectivity index (χ2v) is 6.31. The van der Waals surface area contributed by atoms with E-state index < -0.39 is 0 Å². The van der Waals surface area contributed by atoms with Crippen molar-refractivity contribution in [1.82, 2.24) is 0 Å². The Hall–Kier alpha value is -1.80. The van der Waals surface area contributed by atoms with Gasteiger partial charge in [0.15, 0.2) is 0 Å². The molecule has 0 saturated heterocycles. The largest absolute Gasteiger partial charge is 0.411 e. The molecule has 1 N–H and O–H groups in total. The van der Waals surface area contributed by atoms with Crippen molar-refractivity contribution >= 4 is 17.3 Å². The number of nitrogens with zero attached hydrogens (tertiary/aromatic N) is 1. The van der Waals surface area contributed by atoms with Crippen LogP contribution in [0.25, 0.3) is 11.1 Å². The van der Waals surface area contributed by atoms with Crippen LogP contribution in [0.15, 0.2) is 47.6 Å². The maximum atomic E-state index is 9.14. The molecule has 2 nitrogen and oxygen atoms in total. The summed E-state index contributed by atoms with van der Waals surface area (Å²) in [5, 5.41) is 13.3. The molecule has 0 bridgehead atoms. The maximum absolute atomic E-state index is 9.14. The summed E-state index contributed by atoms with van der Waals surface area (Å²) in [5.41, 5.74) is 5.27. The number of fused-ring (bicyclic) bond motifs is 1. The predicted octanol–water partition coefficient (Wildman–Crippen LogP) is 4.87. The van der Waals surface area contributed by atoms with Crippen LogP contribution in [0.4, 0.5) is 0 Å². The van der Waals surface area contributed by atoms with Crippen LogP contribution < -0.4 is 0 Å².